The molecule has 0 aliphatic heterocycles. The van der Waals surface area contributed by atoms with Gasteiger partial charge in [-0.3, -0.25) is 0 Å². The van der Waals surface area contributed by atoms with Crippen LogP contribution < -0.4 is 0 Å². The number of fused-ring (bicyclic) bond motifs is 1. The molecular formula is C20H26Si. The van der Waals surface area contributed by atoms with Crippen molar-refractivity contribution < 1.29 is 0 Å². The van der Waals surface area contributed by atoms with Gasteiger partial charge in [0.1, 0.15) is 0 Å². The molecule has 21 heavy (non-hydrogen) atoms. The van der Waals surface area contributed by atoms with Crippen LogP contribution in [0.4, 0.5) is 0 Å². The minimum Gasteiger partial charge on any atom is -0.0809 e. The first-order chi connectivity index (χ1) is 9.85. The fourth-order valence-electron chi connectivity index (χ4n) is 4.26. The second-order valence-electron chi connectivity index (χ2n) is 7.26. The first-order valence-electron chi connectivity index (χ1n) is 7.99. The average Bonchev–Trinajstić information content (AvgIpc) is 3.04. The molecule has 0 bridgehead atoms. The van der Waals surface area contributed by atoms with Crippen LogP contribution in [0.5, 0.6) is 0 Å². The van der Waals surface area contributed by atoms with Crippen molar-refractivity contribution in [1.29, 1.82) is 0 Å². The molecule has 0 amide bonds. The third-order valence-electron chi connectivity index (χ3n) is 5.80. The van der Waals surface area contributed by atoms with E-state index in [9.17, 15) is 0 Å². The maximum absolute atomic E-state index is 2.55. The molecule has 0 radical (unpaired) electrons. The molecule has 2 aliphatic rings. The van der Waals surface area contributed by atoms with Gasteiger partial charge in [-0.2, -0.15) is 0 Å². The lowest BCUT2D eigenvalue weighted by atomic mass is 9.96. The molecule has 0 heterocycles. The van der Waals surface area contributed by atoms with Crippen molar-refractivity contribution in [2.45, 2.75) is 52.8 Å². The number of rotatable bonds is 2. The molecule has 0 aromatic heterocycles. The van der Waals surface area contributed by atoms with E-state index in [1.54, 1.807) is 21.9 Å². The highest BCUT2D eigenvalue weighted by Crippen LogP contribution is 2.50. The third kappa shape index (κ3) is 2.02. The number of allylic oxidation sites excluding steroid dienone is 6. The molecule has 3 rings (SSSR count). The Morgan fingerprint density at radius 2 is 1.76 bits per heavy atom. The summed E-state index contributed by atoms with van der Waals surface area (Å²) in [5, 5.41) is 1.70. The Morgan fingerprint density at radius 1 is 1.05 bits per heavy atom. The van der Waals surface area contributed by atoms with E-state index in [4.69, 9.17) is 0 Å². The number of aryl methyl sites for hydroxylation is 1. The van der Waals surface area contributed by atoms with Crippen molar-refractivity contribution in [3.63, 3.8) is 0 Å². The lowest BCUT2D eigenvalue weighted by molar-refractivity contribution is 1.06. The van der Waals surface area contributed by atoms with Gasteiger partial charge >= 0.3 is 0 Å². The highest BCUT2D eigenvalue weighted by atomic mass is 28.3. The van der Waals surface area contributed by atoms with Crippen LogP contribution in [0, 0.1) is 13.8 Å². The van der Waals surface area contributed by atoms with Crippen molar-refractivity contribution in [2.75, 3.05) is 0 Å². The number of hydrogen-bond acceptors (Lipinski definition) is 0. The molecule has 2 aliphatic carbocycles. The molecule has 1 aromatic rings. The van der Waals surface area contributed by atoms with Gasteiger partial charge in [-0.25, -0.2) is 0 Å². The molecule has 1 heteroatoms. The summed E-state index contributed by atoms with van der Waals surface area (Å²) in [6.07, 6.45) is 8.11. The van der Waals surface area contributed by atoms with Gasteiger partial charge in [-0.1, -0.05) is 54.2 Å². The van der Waals surface area contributed by atoms with E-state index >= 15 is 0 Å². The van der Waals surface area contributed by atoms with Gasteiger partial charge in [0.15, 0.2) is 0 Å². The minimum atomic E-state index is -1.49. The van der Waals surface area contributed by atoms with Crippen molar-refractivity contribution >= 4 is 13.6 Å². The summed E-state index contributed by atoms with van der Waals surface area (Å²) in [5.41, 5.74) is 9.84. The Kier molecular flexibility index (Phi) is 3.36. The molecule has 0 fully saturated rings. The van der Waals surface area contributed by atoms with E-state index < -0.39 is 8.07 Å². The smallest absolute Gasteiger partial charge is 0.0809 e. The van der Waals surface area contributed by atoms with E-state index in [1.807, 2.05) is 0 Å². The summed E-state index contributed by atoms with van der Waals surface area (Å²) in [5.74, 6) is 0. The normalized spacial score (nSPS) is 21.0. The molecule has 1 aromatic carbocycles. The zero-order valence-corrected chi connectivity index (χ0v) is 15.2. The van der Waals surface area contributed by atoms with Crippen molar-refractivity contribution in [1.82, 2.24) is 0 Å². The van der Waals surface area contributed by atoms with E-state index in [0.29, 0.717) is 5.54 Å². The van der Waals surface area contributed by atoms with E-state index in [0.717, 1.165) is 0 Å². The summed E-state index contributed by atoms with van der Waals surface area (Å²) in [4.78, 5) is 0. The maximum atomic E-state index is 2.55. The van der Waals surface area contributed by atoms with Crippen LogP contribution in [0.25, 0.3) is 5.57 Å². The van der Waals surface area contributed by atoms with Gasteiger partial charge in [0, 0.05) is 5.54 Å². The second kappa shape index (κ2) is 4.84. The molecule has 0 saturated carbocycles. The molecule has 1 atom stereocenters. The maximum Gasteiger partial charge on any atom is 0.0876 e. The summed E-state index contributed by atoms with van der Waals surface area (Å²) < 4.78 is 0. The summed E-state index contributed by atoms with van der Waals surface area (Å²) in [6.45, 7) is 14.3. The predicted molar refractivity (Wildman–Crippen MR) is 96.2 cm³/mol. The SMILES string of the molecule is CC1=C(C)C([Si](C)(C)C2=CC=CC2)c2ccc(C)c(C)c21. The summed E-state index contributed by atoms with van der Waals surface area (Å²) in [7, 11) is -1.49. The topological polar surface area (TPSA) is 0 Å². The molecule has 1 unspecified atom stereocenters. The highest BCUT2D eigenvalue weighted by molar-refractivity contribution is 6.86. The van der Waals surface area contributed by atoms with E-state index in [2.05, 4.69) is 71.1 Å². The van der Waals surface area contributed by atoms with E-state index in [1.165, 1.54) is 23.1 Å². The Bertz CT molecular complexity index is 699. The Morgan fingerprint density at radius 3 is 2.38 bits per heavy atom. The monoisotopic (exact) mass is 294 g/mol. The summed E-state index contributed by atoms with van der Waals surface area (Å²) in [6, 6.07) is 4.72. The van der Waals surface area contributed by atoms with Crippen molar-refractivity contribution in [3.8, 4) is 0 Å². The molecule has 0 spiro atoms. The minimum absolute atomic E-state index is 0.651. The number of benzene rings is 1. The Labute approximate surface area is 130 Å². The molecular weight excluding hydrogens is 268 g/mol. The molecule has 0 nitrogen and oxygen atoms in total. The van der Waals surface area contributed by atoms with Crippen LogP contribution in [0.1, 0.15) is 48.1 Å². The largest absolute Gasteiger partial charge is 0.0876 e. The first kappa shape index (κ1) is 14.6. The summed E-state index contributed by atoms with van der Waals surface area (Å²) >= 11 is 0. The molecule has 110 valence electrons. The Balaban J connectivity index is 2.17. The fourth-order valence-corrected chi connectivity index (χ4v) is 8.12. The van der Waals surface area contributed by atoms with Gasteiger partial charge in [0.2, 0.25) is 0 Å². The first-order valence-corrected chi connectivity index (χ1v) is 11.1. The van der Waals surface area contributed by atoms with Crippen LogP contribution in [-0.4, -0.2) is 8.07 Å². The van der Waals surface area contributed by atoms with Gasteiger partial charge in [0.05, 0.1) is 8.07 Å². The lowest BCUT2D eigenvalue weighted by Gasteiger charge is -2.33. The molecule has 0 saturated heterocycles. The van der Waals surface area contributed by atoms with Crippen LogP contribution in [0.15, 0.2) is 41.1 Å². The Hall–Kier alpha value is -1.34. The standard InChI is InChI=1S/C20H26Si/c1-13-11-12-18-19(14(13)2)15(3)16(4)20(18)21(5,6)17-9-7-8-10-17/h7-9,11-12,20H,10H2,1-6H3. The quantitative estimate of drug-likeness (QED) is 0.599. The van der Waals surface area contributed by atoms with Crippen molar-refractivity contribution in [2.24, 2.45) is 0 Å². The van der Waals surface area contributed by atoms with Crippen LogP contribution in [0.2, 0.25) is 13.1 Å². The average molecular weight is 295 g/mol. The van der Waals surface area contributed by atoms with Crippen LogP contribution >= 0.6 is 0 Å². The highest BCUT2D eigenvalue weighted by Gasteiger charge is 2.42. The predicted octanol–water partition coefficient (Wildman–Crippen LogP) is 5.87. The van der Waals surface area contributed by atoms with Gasteiger partial charge in [-0.05, 0) is 61.9 Å². The molecule has 0 N–H and O–H groups in total. The van der Waals surface area contributed by atoms with Gasteiger partial charge in [-0.15, -0.1) is 0 Å². The van der Waals surface area contributed by atoms with Gasteiger partial charge in [0.25, 0.3) is 0 Å². The number of hydrogen-bond donors (Lipinski definition) is 0. The van der Waals surface area contributed by atoms with Crippen LogP contribution in [-0.2, 0) is 0 Å². The second-order valence-corrected chi connectivity index (χ2v) is 11.9. The van der Waals surface area contributed by atoms with Crippen LogP contribution in [0.3, 0.4) is 0 Å². The zero-order valence-electron chi connectivity index (χ0n) is 14.2. The fraction of sp³-hybridized carbons (Fsp3) is 0.400. The van der Waals surface area contributed by atoms with Gasteiger partial charge < -0.3 is 0 Å². The van der Waals surface area contributed by atoms with Crippen molar-refractivity contribution in [3.05, 3.63) is 63.4 Å². The zero-order chi connectivity index (χ0) is 15.4. The van der Waals surface area contributed by atoms with E-state index in [-0.39, 0.29) is 0 Å². The lowest BCUT2D eigenvalue weighted by Crippen LogP contribution is -2.37. The third-order valence-corrected chi connectivity index (χ3v) is 10.0.